The zero-order chi connectivity index (χ0) is 12.7. The number of carboxylic acid groups (broad SMARTS) is 1. The van der Waals surface area contributed by atoms with E-state index in [0.717, 1.165) is 31.8 Å². The summed E-state index contributed by atoms with van der Waals surface area (Å²) in [5.74, 6) is 0.825. The normalized spacial score (nSPS) is 43.7. The zero-order valence-corrected chi connectivity index (χ0v) is 11.2. The molecule has 0 aromatic heterocycles. The molecule has 0 saturated carbocycles. The highest BCUT2D eigenvalue weighted by Crippen LogP contribution is 2.43. The summed E-state index contributed by atoms with van der Waals surface area (Å²) in [7, 11) is 0. The van der Waals surface area contributed by atoms with Gasteiger partial charge in [-0.2, -0.15) is 0 Å². The second-order valence-electron chi connectivity index (χ2n) is 6.19. The predicted octanol–water partition coefficient (Wildman–Crippen LogP) is 1.27. The molecule has 2 bridgehead atoms. The first-order chi connectivity index (χ1) is 8.70. The van der Waals surface area contributed by atoms with Crippen LogP contribution in [-0.2, 0) is 4.79 Å². The quantitative estimate of drug-likeness (QED) is 0.821. The van der Waals surface area contributed by atoms with E-state index in [4.69, 9.17) is 0 Å². The molecule has 3 atom stereocenters. The molecule has 4 aliphatic rings. The second-order valence-corrected chi connectivity index (χ2v) is 6.19. The molecule has 3 unspecified atom stereocenters. The molecule has 0 aromatic carbocycles. The van der Waals surface area contributed by atoms with Crippen LogP contribution in [0.3, 0.4) is 0 Å². The van der Waals surface area contributed by atoms with Crippen LogP contribution in [0.15, 0.2) is 0 Å². The first-order valence-electron chi connectivity index (χ1n) is 7.41. The van der Waals surface area contributed by atoms with E-state index in [2.05, 4.69) is 16.7 Å². The van der Waals surface area contributed by atoms with E-state index < -0.39 is 5.97 Å². The first-order valence-corrected chi connectivity index (χ1v) is 7.41. The summed E-state index contributed by atoms with van der Waals surface area (Å²) in [6, 6.07) is 0.409. The van der Waals surface area contributed by atoms with Crippen molar-refractivity contribution in [3.05, 3.63) is 0 Å². The SMILES string of the molecule is CCCN1CC2C(CC1C(=O)O)C1CCN2CC1. The van der Waals surface area contributed by atoms with E-state index in [1.807, 2.05) is 0 Å². The van der Waals surface area contributed by atoms with E-state index in [1.165, 1.54) is 25.9 Å². The van der Waals surface area contributed by atoms with E-state index in [0.29, 0.717) is 12.0 Å². The van der Waals surface area contributed by atoms with Gasteiger partial charge in [0, 0.05) is 12.6 Å². The van der Waals surface area contributed by atoms with Gasteiger partial charge in [-0.05, 0) is 57.2 Å². The van der Waals surface area contributed by atoms with Crippen LogP contribution in [0.2, 0.25) is 0 Å². The van der Waals surface area contributed by atoms with Crippen molar-refractivity contribution >= 4 is 5.97 Å². The third kappa shape index (κ3) is 1.95. The number of piperidine rings is 4. The number of carbonyl (C=O) groups is 1. The van der Waals surface area contributed by atoms with Crippen LogP contribution in [0, 0.1) is 11.8 Å². The molecule has 0 aromatic rings. The number of rotatable bonds is 3. The average Bonchev–Trinajstić information content (AvgIpc) is 2.39. The van der Waals surface area contributed by atoms with Gasteiger partial charge in [0.2, 0.25) is 0 Å². The molecule has 4 nitrogen and oxygen atoms in total. The predicted molar refractivity (Wildman–Crippen MR) is 69.5 cm³/mol. The third-order valence-electron chi connectivity index (χ3n) is 5.30. The minimum absolute atomic E-state index is 0.230. The number of aliphatic carboxylic acids is 1. The van der Waals surface area contributed by atoms with Crippen LogP contribution in [0.25, 0.3) is 0 Å². The summed E-state index contributed by atoms with van der Waals surface area (Å²) in [5, 5.41) is 9.44. The number of fused-ring (bicyclic) bond motifs is 2. The van der Waals surface area contributed by atoms with E-state index >= 15 is 0 Å². The molecule has 1 N–H and O–H groups in total. The number of hydrogen-bond acceptors (Lipinski definition) is 3. The maximum atomic E-state index is 11.5. The monoisotopic (exact) mass is 252 g/mol. The molecule has 4 aliphatic heterocycles. The molecule has 4 saturated heterocycles. The maximum Gasteiger partial charge on any atom is 0.320 e. The Balaban J connectivity index is 1.78. The van der Waals surface area contributed by atoms with Gasteiger partial charge in [-0.25, -0.2) is 0 Å². The Morgan fingerprint density at radius 3 is 2.67 bits per heavy atom. The molecule has 102 valence electrons. The average molecular weight is 252 g/mol. The Kier molecular flexibility index (Phi) is 3.32. The molecule has 4 heteroatoms. The Hall–Kier alpha value is -0.610. The Morgan fingerprint density at radius 1 is 1.33 bits per heavy atom. The molecule has 0 amide bonds. The summed E-state index contributed by atoms with van der Waals surface area (Å²) >= 11 is 0. The van der Waals surface area contributed by atoms with Gasteiger partial charge in [-0.3, -0.25) is 14.6 Å². The zero-order valence-electron chi connectivity index (χ0n) is 11.2. The fourth-order valence-corrected chi connectivity index (χ4v) is 4.43. The lowest BCUT2D eigenvalue weighted by Crippen LogP contribution is -2.65. The minimum Gasteiger partial charge on any atom is -0.480 e. The lowest BCUT2D eigenvalue weighted by Gasteiger charge is -2.56. The lowest BCUT2D eigenvalue weighted by molar-refractivity contribution is -0.151. The number of nitrogens with zero attached hydrogens (tertiary/aromatic N) is 2. The third-order valence-corrected chi connectivity index (χ3v) is 5.30. The smallest absolute Gasteiger partial charge is 0.320 e. The van der Waals surface area contributed by atoms with Gasteiger partial charge in [0.05, 0.1) is 0 Å². The highest BCUT2D eigenvalue weighted by molar-refractivity contribution is 5.73. The summed E-state index contributed by atoms with van der Waals surface area (Å²) in [4.78, 5) is 16.3. The Morgan fingerprint density at radius 2 is 2.06 bits per heavy atom. The van der Waals surface area contributed by atoms with Crippen molar-refractivity contribution in [3.63, 3.8) is 0 Å². The van der Waals surface area contributed by atoms with Crippen molar-refractivity contribution in [1.29, 1.82) is 0 Å². The van der Waals surface area contributed by atoms with Gasteiger partial charge in [0.15, 0.2) is 0 Å². The Labute approximate surface area is 109 Å². The van der Waals surface area contributed by atoms with Gasteiger partial charge in [-0.15, -0.1) is 0 Å². The van der Waals surface area contributed by atoms with Gasteiger partial charge in [0.1, 0.15) is 6.04 Å². The Bertz CT molecular complexity index is 326. The topological polar surface area (TPSA) is 43.8 Å². The summed E-state index contributed by atoms with van der Waals surface area (Å²) in [6.07, 6.45) is 4.51. The number of carboxylic acids is 1. The van der Waals surface area contributed by atoms with E-state index in [1.54, 1.807) is 0 Å². The molecular weight excluding hydrogens is 228 g/mol. The van der Waals surface area contributed by atoms with Crippen LogP contribution in [0.4, 0.5) is 0 Å². The fourth-order valence-electron chi connectivity index (χ4n) is 4.43. The second kappa shape index (κ2) is 4.82. The van der Waals surface area contributed by atoms with Crippen molar-refractivity contribution in [2.24, 2.45) is 11.8 Å². The van der Waals surface area contributed by atoms with Crippen molar-refractivity contribution < 1.29 is 9.90 Å². The van der Waals surface area contributed by atoms with Crippen molar-refractivity contribution in [1.82, 2.24) is 9.80 Å². The van der Waals surface area contributed by atoms with Gasteiger partial charge < -0.3 is 5.11 Å². The van der Waals surface area contributed by atoms with Crippen molar-refractivity contribution in [2.75, 3.05) is 26.2 Å². The highest BCUT2D eigenvalue weighted by Gasteiger charge is 2.48. The van der Waals surface area contributed by atoms with Gasteiger partial charge in [0.25, 0.3) is 0 Å². The summed E-state index contributed by atoms with van der Waals surface area (Å²) < 4.78 is 0. The van der Waals surface area contributed by atoms with Crippen molar-refractivity contribution in [3.8, 4) is 0 Å². The summed E-state index contributed by atoms with van der Waals surface area (Å²) in [5.41, 5.74) is 0. The largest absolute Gasteiger partial charge is 0.480 e. The van der Waals surface area contributed by atoms with Crippen LogP contribution < -0.4 is 0 Å². The van der Waals surface area contributed by atoms with Gasteiger partial charge >= 0.3 is 5.97 Å². The minimum atomic E-state index is -0.613. The highest BCUT2D eigenvalue weighted by atomic mass is 16.4. The molecule has 18 heavy (non-hydrogen) atoms. The van der Waals surface area contributed by atoms with E-state index in [9.17, 15) is 9.90 Å². The molecule has 4 heterocycles. The van der Waals surface area contributed by atoms with Gasteiger partial charge in [-0.1, -0.05) is 6.92 Å². The number of hydrogen-bond donors (Lipinski definition) is 1. The standard InChI is InChI=1S/C14H24N2O2/c1-2-5-16-9-13-11(8-12(16)14(17)18)10-3-6-15(13)7-4-10/h10-13H,2-9H2,1H3,(H,17,18). The maximum absolute atomic E-state index is 11.5. The van der Waals surface area contributed by atoms with Crippen LogP contribution in [-0.4, -0.2) is 59.1 Å². The van der Waals surface area contributed by atoms with Crippen LogP contribution >= 0.6 is 0 Å². The molecular formula is C14H24N2O2. The van der Waals surface area contributed by atoms with Crippen LogP contribution in [0.1, 0.15) is 32.6 Å². The fraction of sp³-hybridized carbons (Fsp3) is 0.929. The van der Waals surface area contributed by atoms with E-state index in [-0.39, 0.29) is 6.04 Å². The summed E-state index contributed by atoms with van der Waals surface area (Å²) in [6.45, 7) is 6.52. The lowest BCUT2D eigenvalue weighted by atomic mass is 9.69. The molecule has 0 spiro atoms. The first kappa shape index (κ1) is 12.4. The molecule has 4 rings (SSSR count). The van der Waals surface area contributed by atoms with Crippen LogP contribution in [0.5, 0.6) is 0 Å². The molecule has 0 aliphatic carbocycles. The molecule has 0 radical (unpaired) electrons. The molecule has 4 fully saturated rings. The van der Waals surface area contributed by atoms with Crippen molar-refractivity contribution in [2.45, 2.75) is 44.7 Å². The number of likely N-dealkylation sites (tertiary alicyclic amines) is 1.